The third-order valence-electron chi connectivity index (χ3n) is 4.80. The minimum atomic E-state index is -0.340. The SMILES string of the molecule is CCCCOC(=O)C1CN(c2ncc3c(n2)CCB(C#N)C3)CCN1. The van der Waals surface area contributed by atoms with E-state index in [9.17, 15) is 4.79 Å². The van der Waals surface area contributed by atoms with E-state index in [0.29, 0.717) is 25.6 Å². The van der Waals surface area contributed by atoms with E-state index < -0.39 is 0 Å². The fraction of sp³-hybridized carbons (Fsp3) is 0.647. The number of aromatic nitrogens is 2. The van der Waals surface area contributed by atoms with Crippen LogP contribution in [0.1, 0.15) is 31.0 Å². The molecule has 7 nitrogen and oxygen atoms in total. The van der Waals surface area contributed by atoms with Gasteiger partial charge < -0.3 is 15.0 Å². The quantitative estimate of drug-likeness (QED) is 0.481. The van der Waals surface area contributed by atoms with Gasteiger partial charge in [0.1, 0.15) is 6.04 Å². The molecule has 2 aliphatic heterocycles. The number of hydrogen-bond donors (Lipinski definition) is 1. The molecule has 3 rings (SSSR count). The smallest absolute Gasteiger partial charge is 0.324 e. The molecular formula is C17H24BN5O2. The van der Waals surface area contributed by atoms with Crippen molar-refractivity contribution in [2.45, 2.75) is 44.9 Å². The van der Waals surface area contributed by atoms with E-state index in [-0.39, 0.29) is 18.7 Å². The second-order valence-electron chi connectivity index (χ2n) is 6.68. The number of hydrogen-bond acceptors (Lipinski definition) is 7. The molecule has 1 aromatic heterocycles. The Hall–Kier alpha value is -2.14. The van der Waals surface area contributed by atoms with E-state index >= 15 is 0 Å². The van der Waals surface area contributed by atoms with Gasteiger partial charge in [0.2, 0.25) is 5.95 Å². The van der Waals surface area contributed by atoms with Gasteiger partial charge in [-0.05, 0) is 24.7 Å². The normalized spacial score (nSPS) is 19.9. The highest BCUT2D eigenvalue weighted by Gasteiger charge is 2.29. The molecule has 132 valence electrons. The predicted molar refractivity (Wildman–Crippen MR) is 95.5 cm³/mol. The minimum Gasteiger partial charge on any atom is -0.464 e. The van der Waals surface area contributed by atoms with Gasteiger partial charge in [0.15, 0.2) is 0 Å². The average Bonchev–Trinajstić information content (AvgIpc) is 2.67. The summed E-state index contributed by atoms with van der Waals surface area (Å²) >= 11 is 0. The number of carbonyl (C=O) groups excluding carboxylic acids is 1. The molecule has 0 saturated carbocycles. The number of ether oxygens (including phenoxy) is 1. The van der Waals surface area contributed by atoms with Crippen molar-refractivity contribution in [3.63, 3.8) is 0 Å². The summed E-state index contributed by atoms with van der Waals surface area (Å²) in [6.07, 6.45) is 6.15. The van der Waals surface area contributed by atoms with Crippen LogP contribution in [0.3, 0.4) is 0 Å². The fourth-order valence-corrected chi connectivity index (χ4v) is 3.27. The summed E-state index contributed by atoms with van der Waals surface area (Å²) in [5.41, 5.74) is 2.12. The predicted octanol–water partition coefficient (Wildman–Crippen LogP) is 0.793. The molecule has 0 aromatic carbocycles. The summed E-state index contributed by atoms with van der Waals surface area (Å²) in [7, 11) is 0. The number of esters is 1. The molecule has 0 bridgehead atoms. The van der Waals surface area contributed by atoms with E-state index in [2.05, 4.69) is 23.2 Å². The van der Waals surface area contributed by atoms with Crippen LogP contribution in [0.15, 0.2) is 6.20 Å². The molecule has 1 N–H and O–H groups in total. The summed E-state index contributed by atoms with van der Waals surface area (Å²) < 4.78 is 5.32. The summed E-state index contributed by atoms with van der Waals surface area (Å²) in [4.78, 5) is 23.4. The van der Waals surface area contributed by atoms with Crippen molar-refractivity contribution in [3.8, 4) is 5.97 Å². The number of rotatable bonds is 5. The molecule has 1 unspecified atom stereocenters. The number of unbranched alkanes of at least 4 members (excludes halogenated alkanes) is 1. The summed E-state index contributed by atoms with van der Waals surface area (Å²) in [6, 6.07) is -0.340. The summed E-state index contributed by atoms with van der Waals surface area (Å²) in [6.45, 7) is 4.60. The molecule has 1 atom stereocenters. The standard InChI is InChI=1S/C17H24BN5O2/c1-2-3-8-25-16(24)15-11-23(7-6-20-15)17-21-10-13-9-18(12-19)5-4-14(13)22-17/h10,15,20H,2-9,11H2,1H3. The molecule has 1 saturated heterocycles. The van der Waals surface area contributed by atoms with Crippen LogP contribution in [0.5, 0.6) is 0 Å². The number of carbonyl (C=O) groups is 1. The second kappa shape index (κ2) is 8.30. The van der Waals surface area contributed by atoms with Crippen molar-refractivity contribution in [3.05, 3.63) is 17.5 Å². The van der Waals surface area contributed by atoms with Crippen LogP contribution in [0.4, 0.5) is 5.95 Å². The Kier molecular flexibility index (Phi) is 5.87. The minimum absolute atomic E-state index is 0.0726. The maximum Gasteiger partial charge on any atom is 0.324 e. The molecule has 0 amide bonds. The Morgan fingerprint density at radius 2 is 2.48 bits per heavy atom. The van der Waals surface area contributed by atoms with Crippen LogP contribution in [0.2, 0.25) is 6.32 Å². The van der Waals surface area contributed by atoms with E-state index in [0.717, 1.165) is 49.7 Å². The molecule has 0 radical (unpaired) electrons. The first-order valence-corrected chi connectivity index (χ1v) is 9.10. The van der Waals surface area contributed by atoms with Crippen LogP contribution in [0, 0.1) is 11.2 Å². The van der Waals surface area contributed by atoms with E-state index in [4.69, 9.17) is 15.0 Å². The zero-order valence-electron chi connectivity index (χ0n) is 14.7. The van der Waals surface area contributed by atoms with Gasteiger partial charge in [-0.25, -0.2) is 15.2 Å². The zero-order chi connectivity index (χ0) is 17.6. The molecule has 2 aliphatic rings. The van der Waals surface area contributed by atoms with Gasteiger partial charge in [0.25, 0.3) is 6.71 Å². The molecule has 0 spiro atoms. The lowest BCUT2D eigenvalue weighted by molar-refractivity contribution is -0.146. The Bertz CT molecular complexity index is 663. The largest absolute Gasteiger partial charge is 0.464 e. The van der Waals surface area contributed by atoms with Gasteiger partial charge in [-0.3, -0.25) is 4.79 Å². The number of piperazine rings is 1. The molecule has 25 heavy (non-hydrogen) atoms. The van der Waals surface area contributed by atoms with Crippen LogP contribution in [-0.2, 0) is 22.3 Å². The van der Waals surface area contributed by atoms with E-state index in [1.807, 2.05) is 11.1 Å². The average molecular weight is 341 g/mol. The first-order chi connectivity index (χ1) is 12.2. The number of anilines is 1. The Labute approximate surface area is 148 Å². The summed E-state index contributed by atoms with van der Waals surface area (Å²) in [5.74, 6) is 2.80. The van der Waals surface area contributed by atoms with Crippen molar-refractivity contribution in [2.75, 3.05) is 31.1 Å². The lowest BCUT2D eigenvalue weighted by Gasteiger charge is -2.33. The van der Waals surface area contributed by atoms with Gasteiger partial charge in [0, 0.05) is 37.5 Å². The number of nitrogens with one attached hydrogen (secondary N) is 1. The maximum absolute atomic E-state index is 12.2. The number of nitrogens with zero attached hydrogens (tertiary/aromatic N) is 4. The van der Waals surface area contributed by atoms with Gasteiger partial charge in [-0.2, -0.15) is 0 Å². The molecule has 1 aromatic rings. The number of fused-ring (bicyclic) bond motifs is 1. The molecule has 0 aliphatic carbocycles. The first-order valence-electron chi connectivity index (χ1n) is 9.10. The van der Waals surface area contributed by atoms with Crippen LogP contribution >= 0.6 is 0 Å². The Morgan fingerprint density at radius 3 is 3.28 bits per heavy atom. The van der Waals surface area contributed by atoms with Crippen LogP contribution in [-0.4, -0.2) is 54.9 Å². The van der Waals surface area contributed by atoms with Gasteiger partial charge in [0.05, 0.1) is 6.61 Å². The third-order valence-corrected chi connectivity index (χ3v) is 4.80. The van der Waals surface area contributed by atoms with Crippen molar-refractivity contribution in [1.29, 1.82) is 5.26 Å². The monoisotopic (exact) mass is 341 g/mol. The Morgan fingerprint density at radius 1 is 1.60 bits per heavy atom. The third kappa shape index (κ3) is 4.29. The van der Waals surface area contributed by atoms with E-state index in [1.54, 1.807) is 0 Å². The van der Waals surface area contributed by atoms with Crippen LogP contribution in [0.25, 0.3) is 0 Å². The van der Waals surface area contributed by atoms with Crippen molar-refractivity contribution >= 4 is 18.6 Å². The van der Waals surface area contributed by atoms with Gasteiger partial charge >= 0.3 is 5.97 Å². The van der Waals surface area contributed by atoms with Crippen molar-refractivity contribution < 1.29 is 9.53 Å². The number of nitriles is 1. The van der Waals surface area contributed by atoms with Crippen LogP contribution < -0.4 is 10.2 Å². The molecular weight excluding hydrogens is 317 g/mol. The number of aryl methyl sites for hydroxylation is 1. The highest BCUT2D eigenvalue weighted by atomic mass is 16.5. The van der Waals surface area contributed by atoms with Crippen molar-refractivity contribution in [1.82, 2.24) is 15.3 Å². The lowest BCUT2D eigenvalue weighted by atomic mass is 9.43. The summed E-state index contributed by atoms with van der Waals surface area (Å²) in [5, 5.41) is 12.3. The van der Waals surface area contributed by atoms with Gasteiger partial charge in [-0.1, -0.05) is 19.7 Å². The maximum atomic E-state index is 12.2. The van der Waals surface area contributed by atoms with Crippen molar-refractivity contribution in [2.24, 2.45) is 0 Å². The van der Waals surface area contributed by atoms with Gasteiger partial charge in [-0.15, -0.1) is 0 Å². The zero-order valence-corrected chi connectivity index (χ0v) is 14.7. The van der Waals surface area contributed by atoms with E-state index in [1.165, 1.54) is 0 Å². The topological polar surface area (TPSA) is 91.1 Å². The second-order valence-corrected chi connectivity index (χ2v) is 6.68. The lowest BCUT2D eigenvalue weighted by Crippen LogP contribution is -2.55. The Balaban J connectivity index is 1.64. The fourth-order valence-electron chi connectivity index (χ4n) is 3.27. The highest BCUT2D eigenvalue weighted by molar-refractivity contribution is 6.66. The molecule has 1 fully saturated rings. The molecule has 8 heteroatoms. The highest BCUT2D eigenvalue weighted by Crippen LogP contribution is 2.21. The first kappa shape index (κ1) is 17.7. The molecule has 3 heterocycles.